The van der Waals surface area contributed by atoms with Crippen molar-refractivity contribution in [1.82, 2.24) is 15.3 Å². The van der Waals surface area contributed by atoms with E-state index in [-0.39, 0.29) is 0 Å². The summed E-state index contributed by atoms with van der Waals surface area (Å²) in [6, 6.07) is 7.02. The van der Waals surface area contributed by atoms with Crippen molar-refractivity contribution in [3.05, 3.63) is 23.8 Å². The largest absolute Gasteiger partial charge is 0.333 e. The van der Waals surface area contributed by atoms with Crippen LogP contribution in [0.25, 0.3) is 11.0 Å². The Kier molecular flexibility index (Phi) is 4.55. The highest BCUT2D eigenvalue weighted by Crippen LogP contribution is 2.37. The molecule has 114 valence electrons. The second kappa shape index (κ2) is 6.41. The molecule has 21 heavy (non-hydrogen) atoms. The highest BCUT2D eigenvalue weighted by Gasteiger charge is 2.30. The molecule has 0 amide bonds. The van der Waals surface area contributed by atoms with Crippen LogP contribution in [0.2, 0.25) is 0 Å². The molecule has 0 saturated heterocycles. The Morgan fingerprint density at radius 3 is 3.00 bits per heavy atom. The first-order chi connectivity index (χ1) is 10.2. The van der Waals surface area contributed by atoms with Crippen molar-refractivity contribution in [2.75, 3.05) is 7.05 Å². The van der Waals surface area contributed by atoms with Gasteiger partial charge < -0.3 is 10.3 Å². The molecule has 0 radical (unpaired) electrons. The van der Waals surface area contributed by atoms with Crippen molar-refractivity contribution in [2.45, 2.75) is 56.0 Å². The zero-order valence-electron chi connectivity index (χ0n) is 13.1. The fourth-order valence-corrected chi connectivity index (χ4v) is 4.75. The maximum atomic E-state index is 4.75. The fraction of sp³-hybridized carbons (Fsp3) is 0.588. The van der Waals surface area contributed by atoms with Crippen molar-refractivity contribution < 1.29 is 0 Å². The lowest BCUT2D eigenvalue weighted by atomic mass is 9.84. The number of hydrogen-bond acceptors (Lipinski definition) is 3. The Labute approximate surface area is 131 Å². The molecule has 1 aliphatic rings. The summed E-state index contributed by atoms with van der Waals surface area (Å²) in [6.07, 6.45) is 5.24. The fourth-order valence-electron chi connectivity index (χ4n) is 3.34. The van der Waals surface area contributed by atoms with Gasteiger partial charge in [-0.25, -0.2) is 4.98 Å². The number of imidazole rings is 1. The summed E-state index contributed by atoms with van der Waals surface area (Å²) >= 11 is 1.92. The van der Waals surface area contributed by atoms with Gasteiger partial charge in [-0.15, -0.1) is 0 Å². The zero-order chi connectivity index (χ0) is 14.8. The SMILES string of the molecule is CCC1CCC(NC)C(Sc2nc3ccc(C)cc3[nH]2)C1. The van der Waals surface area contributed by atoms with Gasteiger partial charge in [0, 0.05) is 11.3 Å². The van der Waals surface area contributed by atoms with E-state index in [1.54, 1.807) is 0 Å². The number of H-pyrrole nitrogens is 1. The third-order valence-electron chi connectivity index (χ3n) is 4.73. The molecule has 3 atom stereocenters. The summed E-state index contributed by atoms with van der Waals surface area (Å²) in [5.74, 6) is 0.874. The highest BCUT2D eigenvalue weighted by molar-refractivity contribution is 7.99. The summed E-state index contributed by atoms with van der Waals surface area (Å²) in [5.41, 5.74) is 3.51. The van der Waals surface area contributed by atoms with Gasteiger partial charge in [0.1, 0.15) is 0 Å². The second-order valence-electron chi connectivity index (χ2n) is 6.20. The molecule has 2 N–H and O–H groups in total. The molecule has 0 spiro atoms. The van der Waals surface area contributed by atoms with E-state index in [4.69, 9.17) is 4.98 Å². The maximum Gasteiger partial charge on any atom is 0.166 e. The lowest BCUT2D eigenvalue weighted by Crippen LogP contribution is -2.40. The van der Waals surface area contributed by atoms with Crippen LogP contribution in [0, 0.1) is 12.8 Å². The Morgan fingerprint density at radius 2 is 2.24 bits per heavy atom. The van der Waals surface area contributed by atoms with Crippen LogP contribution in [-0.4, -0.2) is 28.3 Å². The number of aromatic nitrogens is 2. The number of fused-ring (bicyclic) bond motifs is 1. The van der Waals surface area contributed by atoms with E-state index in [0.717, 1.165) is 22.1 Å². The molecule has 0 bridgehead atoms. The smallest absolute Gasteiger partial charge is 0.166 e. The van der Waals surface area contributed by atoms with E-state index in [1.807, 2.05) is 11.8 Å². The van der Waals surface area contributed by atoms with E-state index in [0.29, 0.717) is 11.3 Å². The zero-order valence-corrected chi connectivity index (χ0v) is 14.0. The van der Waals surface area contributed by atoms with Gasteiger partial charge >= 0.3 is 0 Å². The summed E-state index contributed by atoms with van der Waals surface area (Å²) in [4.78, 5) is 8.23. The normalized spacial score (nSPS) is 26.3. The Balaban J connectivity index is 1.78. The van der Waals surface area contributed by atoms with Crippen LogP contribution in [0.15, 0.2) is 23.4 Å². The molecule has 1 aliphatic carbocycles. The van der Waals surface area contributed by atoms with Crippen molar-refractivity contribution in [2.24, 2.45) is 5.92 Å². The lowest BCUT2D eigenvalue weighted by Gasteiger charge is -2.34. The summed E-state index contributed by atoms with van der Waals surface area (Å²) in [6.45, 7) is 4.44. The topological polar surface area (TPSA) is 40.7 Å². The van der Waals surface area contributed by atoms with E-state index in [2.05, 4.69) is 49.4 Å². The standard InChI is InChI=1S/C17H25N3S/c1-4-12-6-8-14(18-3)16(10-12)21-17-19-13-7-5-11(2)9-15(13)20-17/h5,7,9,12,14,16,18H,4,6,8,10H2,1-3H3,(H,19,20). The third kappa shape index (κ3) is 3.27. The number of nitrogens with zero attached hydrogens (tertiary/aromatic N) is 1. The van der Waals surface area contributed by atoms with Gasteiger partial charge in [0.05, 0.1) is 11.0 Å². The quantitative estimate of drug-likeness (QED) is 0.892. The molecular formula is C17H25N3S. The predicted octanol–water partition coefficient (Wildman–Crippen LogP) is 4.13. The molecule has 0 aliphatic heterocycles. The molecular weight excluding hydrogens is 278 g/mol. The predicted molar refractivity (Wildman–Crippen MR) is 91.0 cm³/mol. The minimum atomic E-state index is 0.604. The monoisotopic (exact) mass is 303 g/mol. The summed E-state index contributed by atoms with van der Waals surface area (Å²) < 4.78 is 0. The molecule has 3 rings (SSSR count). The van der Waals surface area contributed by atoms with Gasteiger partial charge in [0.15, 0.2) is 5.16 Å². The third-order valence-corrected chi connectivity index (χ3v) is 5.97. The van der Waals surface area contributed by atoms with Crippen molar-refractivity contribution in [3.63, 3.8) is 0 Å². The van der Waals surface area contributed by atoms with Gasteiger partial charge in [-0.1, -0.05) is 31.2 Å². The maximum absolute atomic E-state index is 4.75. The van der Waals surface area contributed by atoms with Gasteiger partial charge in [-0.2, -0.15) is 0 Å². The van der Waals surface area contributed by atoms with E-state index >= 15 is 0 Å². The Morgan fingerprint density at radius 1 is 1.38 bits per heavy atom. The van der Waals surface area contributed by atoms with E-state index in [9.17, 15) is 0 Å². The highest BCUT2D eigenvalue weighted by atomic mass is 32.2. The Bertz CT molecular complexity index is 607. The number of aromatic amines is 1. The molecule has 4 heteroatoms. The molecule has 1 aromatic carbocycles. The first kappa shape index (κ1) is 14.9. The van der Waals surface area contributed by atoms with Crippen LogP contribution >= 0.6 is 11.8 Å². The van der Waals surface area contributed by atoms with Crippen molar-refractivity contribution >= 4 is 22.8 Å². The minimum Gasteiger partial charge on any atom is -0.333 e. The van der Waals surface area contributed by atoms with Crippen molar-refractivity contribution in [3.8, 4) is 0 Å². The molecule has 3 nitrogen and oxygen atoms in total. The van der Waals surface area contributed by atoms with Crippen LogP contribution in [-0.2, 0) is 0 Å². The number of nitrogens with one attached hydrogen (secondary N) is 2. The van der Waals surface area contributed by atoms with Crippen LogP contribution in [0.4, 0.5) is 0 Å². The number of rotatable bonds is 4. The molecule has 1 saturated carbocycles. The molecule has 2 aromatic rings. The summed E-state index contributed by atoms with van der Waals surface area (Å²) in [5, 5.41) is 5.19. The van der Waals surface area contributed by atoms with Crippen LogP contribution in [0.3, 0.4) is 0 Å². The molecule has 3 unspecified atom stereocenters. The first-order valence-electron chi connectivity index (χ1n) is 8.00. The molecule has 1 fully saturated rings. The first-order valence-corrected chi connectivity index (χ1v) is 8.88. The minimum absolute atomic E-state index is 0.604. The van der Waals surface area contributed by atoms with E-state index < -0.39 is 0 Å². The Hall–Kier alpha value is -1.00. The number of benzene rings is 1. The van der Waals surface area contributed by atoms with Crippen LogP contribution in [0.1, 0.15) is 38.2 Å². The molecule has 1 aromatic heterocycles. The van der Waals surface area contributed by atoms with Crippen LogP contribution < -0.4 is 5.32 Å². The number of hydrogen-bond donors (Lipinski definition) is 2. The molecule has 1 heterocycles. The average Bonchev–Trinajstić information content (AvgIpc) is 2.88. The average molecular weight is 303 g/mol. The summed E-state index contributed by atoms with van der Waals surface area (Å²) in [7, 11) is 2.09. The second-order valence-corrected chi connectivity index (χ2v) is 7.43. The van der Waals surface area contributed by atoms with Gasteiger partial charge in [0.2, 0.25) is 0 Å². The number of aryl methyl sites for hydroxylation is 1. The van der Waals surface area contributed by atoms with Crippen LogP contribution in [0.5, 0.6) is 0 Å². The van der Waals surface area contributed by atoms with E-state index in [1.165, 1.54) is 31.2 Å². The lowest BCUT2D eigenvalue weighted by molar-refractivity contribution is 0.304. The van der Waals surface area contributed by atoms with Gasteiger partial charge in [-0.05, 0) is 56.8 Å². The van der Waals surface area contributed by atoms with Crippen molar-refractivity contribution in [1.29, 1.82) is 0 Å². The number of thioether (sulfide) groups is 1. The van der Waals surface area contributed by atoms with Gasteiger partial charge in [0.25, 0.3) is 0 Å². The van der Waals surface area contributed by atoms with Gasteiger partial charge in [-0.3, -0.25) is 0 Å².